The summed E-state index contributed by atoms with van der Waals surface area (Å²) < 4.78 is 5.14. The third-order valence-electron chi connectivity index (χ3n) is 3.07. The van der Waals surface area contributed by atoms with Crippen molar-refractivity contribution in [2.24, 2.45) is 0 Å². The van der Waals surface area contributed by atoms with Crippen LogP contribution in [-0.2, 0) is 11.3 Å². The number of benzene rings is 2. The molecular weight excluding hydrogens is 262 g/mol. The monoisotopic (exact) mass is 281 g/mol. The van der Waals surface area contributed by atoms with Crippen molar-refractivity contribution in [2.45, 2.75) is 13.5 Å². The molecule has 3 heteroatoms. The maximum Gasteiger partial charge on any atom is 0.244 e. The molecule has 0 heterocycles. The molecule has 0 atom stereocenters. The SMILES string of the molecule is COc1cccc(/C=C/C(=O)NCc2cccc(C)c2)c1. The zero-order chi connectivity index (χ0) is 15.1. The molecule has 0 saturated carbocycles. The van der Waals surface area contributed by atoms with Crippen LogP contribution in [0.5, 0.6) is 5.75 Å². The lowest BCUT2D eigenvalue weighted by Crippen LogP contribution is -2.20. The number of nitrogens with one attached hydrogen (secondary N) is 1. The molecule has 0 aliphatic rings. The molecule has 0 saturated heterocycles. The van der Waals surface area contributed by atoms with E-state index >= 15 is 0 Å². The minimum atomic E-state index is -0.112. The highest BCUT2D eigenvalue weighted by atomic mass is 16.5. The lowest BCUT2D eigenvalue weighted by atomic mass is 10.1. The highest BCUT2D eigenvalue weighted by Crippen LogP contribution is 2.13. The number of ether oxygens (including phenoxy) is 1. The van der Waals surface area contributed by atoms with E-state index in [2.05, 4.69) is 11.4 Å². The number of carbonyl (C=O) groups excluding carboxylic acids is 1. The van der Waals surface area contributed by atoms with Gasteiger partial charge in [-0.2, -0.15) is 0 Å². The lowest BCUT2D eigenvalue weighted by molar-refractivity contribution is -0.116. The summed E-state index contributed by atoms with van der Waals surface area (Å²) in [6.07, 6.45) is 3.30. The van der Waals surface area contributed by atoms with Crippen molar-refractivity contribution < 1.29 is 9.53 Å². The molecule has 0 spiro atoms. The fourth-order valence-corrected chi connectivity index (χ4v) is 1.99. The van der Waals surface area contributed by atoms with Gasteiger partial charge in [0.25, 0.3) is 0 Å². The second-order valence-electron chi connectivity index (χ2n) is 4.82. The van der Waals surface area contributed by atoms with E-state index in [-0.39, 0.29) is 5.91 Å². The Hall–Kier alpha value is -2.55. The van der Waals surface area contributed by atoms with Crippen LogP contribution in [0.25, 0.3) is 6.08 Å². The van der Waals surface area contributed by atoms with Crippen molar-refractivity contribution in [3.63, 3.8) is 0 Å². The van der Waals surface area contributed by atoms with Crippen LogP contribution in [0.2, 0.25) is 0 Å². The first-order chi connectivity index (χ1) is 10.2. The molecule has 0 unspecified atom stereocenters. The van der Waals surface area contributed by atoms with Gasteiger partial charge in [0.2, 0.25) is 5.91 Å². The standard InChI is InChI=1S/C18H19NO2/c1-14-5-3-7-16(11-14)13-19-18(20)10-9-15-6-4-8-17(12-15)21-2/h3-12H,13H2,1-2H3,(H,19,20)/b10-9+. The van der Waals surface area contributed by atoms with E-state index in [9.17, 15) is 4.79 Å². The summed E-state index contributed by atoms with van der Waals surface area (Å²) in [7, 11) is 1.62. The van der Waals surface area contributed by atoms with Gasteiger partial charge in [-0.1, -0.05) is 42.0 Å². The van der Waals surface area contributed by atoms with Gasteiger partial charge in [0, 0.05) is 12.6 Å². The fraction of sp³-hybridized carbons (Fsp3) is 0.167. The van der Waals surface area contributed by atoms with Crippen LogP contribution in [0.3, 0.4) is 0 Å². The molecule has 0 aliphatic heterocycles. The van der Waals surface area contributed by atoms with Crippen LogP contribution in [-0.4, -0.2) is 13.0 Å². The number of carbonyl (C=O) groups is 1. The predicted molar refractivity (Wildman–Crippen MR) is 85.1 cm³/mol. The van der Waals surface area contributed by atoms with Crippen molar-refractivity contribution in [1.82, 2.24) is 5.32 Å². The molecule has 21 heavy (non-hydrogen) atoms. The summed E-state index contributed by atoms with van der Waals surface area (Å²) in [6, 6.07) is 15.7. The average Bonchev–Trinajstić information content (AvgIpc) is 2.51. The Morgan fingerprint density at radius 1 is 1.19 bits per heavy atom. The Labute approximate surface area is 125 Å². The molecule has 0 bridgehead atoms. The van der Waals surface area contributed by atoms with E-state index in [1.165, 1.54) is 11.6 Å². The Morgan fingerprint density at radius 2 is 2.00 bits per heavy atom. The highest BCUT2D eigenvalue weighted by molar-refractivity contribution is 5.91. The van der Waals surface area contributed by atoms with Gasteiger partial charge in [-0.3, -0.25) is 4.79 Å². The van der Waals surface area contributed by atoms with Crippen molar-refractivity contribution in [3.8, 4) is 5.75 Å². The summed E-state index contributed by atoms with van der Waals surface area (Å²) in [5.41, 5.74) is 3.21. The summed E-state index contributed by atoms with van der Waals surface area (Å²) in [4.78, 5) is 11.8. The Bertz CT molecular complexity index is 647. The zero-order valence-corrected chi connectivity index (χ0v) is 12.3. The van der Waals surface area contributed by atoms with Crippen molar-refractivity contribution in [3.05, 3.63) is 71.3 Å². The normalized spacial score (nSPS) is 10.6. The predicted octanol–water partition coefficient (Wildman–Crippen LogP) is 3.33. The van der Waals surface area contributed by atoms with Gasteiger partial charge in [-0.05, 0) is 36.3 Å². The van der Waals surface area contributed by atoms with E-state index in [1.807, 2.05) is 49.4 Å². The Morgan fingerprint density at radius 3 is 2.76 bits per heavy atom. The van der Waals surface area contributed by atoms with Gasteiger partial charge < -0.3 is 10.1 Å². The summed E-state index contributed by atoms with van der Waals surface area (Å²) >= 11 is 0. The molecule has 0 fully saturated rings. The summed E-state index contributed by atoms with van der Waals surface area (Å²) in [5.74, 6) is 0.664. The number of amides is 1. The van der Waals surface area contributed by atoms with Gasteiger partial charge in [0.15, 0.2) is 0 Å². The van der Waals surface area contributed by atoms with E-state index in [0.29, 0.717) is 6.54 Å². The number of aryl methyl sites for hydroxylation is 1. The van der Waals surface area contributed by atoms with Gasteiger partial charge in [0.1, 0.15) is 5.75 Å². The van der Waals surface area contributed by atoms with Crippen LogP contribution in [0.15, 0.2) is 54.6 Å². The largest absolute Gasteiger partial charge is 0.497 e. The van der Waals surface area contributed by atoms with Gasteiger partial charge in [0.05, 0.1) is 7.11 Å². The van der Waals surface area contributed by atoms with Crippen LogP contribution < -0.4 is 10.1 Å². The van der Waals surface area contributed by atoms with E-state index in [4.69, 9.17) is 4.74 Å². The Balaban J connectivity index is 1.90. The van der Waals surface area contributed by atoms with Crippen LogP contribution >= 0.6 is 0 Å². The molecule has 0 radical (unpaired) electrons. The third-order valence-corrected chi connectivity index (χ3v) is 3.07. The zero-order valence-electron chi connectivity index (χ0n) is 12.3. The number of rotatable bonds is 5. The first kappa shape index (κ1) is 14.9. The summed E-state index contributed by atoms with van der Waals surface area (Å²) in [6.45, 7) is 2.57. The minimum Gasteiger partial charge on any atom is -0.497 e. The first-order valence-electron chi connectivity index (χ1n) is 6.83. The minimum absolute atomic E-state index is 0.112. The molecule has 108 valence electrons. The molecule has 0 aliphatic carbocycles. The smallest absolute Gasteiger partial charge is 0.244 e. The molecule has 0 aromatic heterocycles. The van der Waals surface area contributed by atoms with Crippen LogP contribution in [0.1, 0.15) is 16.7 Å². The van der Waals surface area contributed by atoms with Crippen molar-refractivity contribution in [1.29, 1.82) is 0 Å². The van der Waals surface area contributed by atoms with Crippen molar-refractivity contribution in [2.75, 3.05) is 7.11 Å². The van der Waals surface area contributed by atoms with Crippen LogP contribution in [0, 0.1) is 6.92 Å². The molecular formula is C18H19NO2. The second-order valence-corrected chi connectivity index (χ2v) is 4.82. The first-order valence-corrected chi connectivity index (χ1v) is 6.83. The molecule has 2 rings (SSSR count). The van der Waals surface area contributed by atoms with Gasteiger partial charge >= 0.3 is 0 Å². The molecule has 2 aromatic rings. The highest BCUT2D eigenvalue weighted by Gasteiger charge is 1.98. The number of hydrogen-bond acceptors (Lipinski definition) is 2. The van der Waals surface area contributed by atoms with Gasteiger partial charge in [-0.25, -0.2) is 0 Å². The summed E-state index contributed by atoms with van der Waals surface area (Å²) in [5, 5.41) is 2.87. The van der Waals surface area contributed by atoms with E-state index in [0.717, 1.165) is 16.9 Å². The molecule has 2 aromatic carbocycles. The maximum atomic E-state index is 11.8. The van der Waals surface area contributed by atoms with E-state index in [1.54, 1.807) is 13.2 Å². The van der Waals surface area contributed by atoms with Crippen molar-refractivity contribution >= 4 is 12.0 Å². The second kappa shape index (κ2) is 7.29. The molecule has 3 nitrogen and oxygen atoms in total. The Kier molecular flexibility index (Phi) is 5.16. The quantitative estimate of drug-likeness (QED) is 0.854. The molecule has 1 amide bonds. The third kappa shape index (κ3) is 4.80. The topological polar surface area (TPSA) is 38.3 Å². The van der Waals surface area contributed by atoms with Crippen LogP contribution in [0.4, 0.5) is 0 Å². The van der Waals surface area contributed by atoms with Gasteiger partial charge in [-0.15, -0.1) is 0 Å². The lowest BCUT2D eigenvalue weighted by Gasteiger charge is -2.03. The molecule has 1 N–H and O–H groups in total. The maximum absolute atomic E-state index is 11.8. The average molecular weight is 281 g/mol. The van der Waals surface area contributed by atoms with E-state index < -0.39 is 0 Å². The number of methoxy groups -OCH3 is 1. The number of hydrogen-bond donors (Lipinski definition) is 1. The fourth-order valence-electron chi connectivity index (χ4n) is 1.99.